The summed E-state index contributed by atoms with van der Waals surface area (Å²) in [4.78, 5) is 9.87. The van der Waals surface area contributed by atoms with Crippen molar-refractivity contribution in [3.63, 3.8) is 0 Å². The molecule has 0 amide bonds. The molecule has 0 aromatic rings. The van der Waals surface area contributed by atoms with Gasteiger partial charge >= 0.3 is 50.1 Å². The number of aliphatic hydroxyl groups is 1. The minimum atomic E-state index is -3.31. The van der Waals surface area contributed by atoms with Crippen LogP contribution in [-0.4, -0.2) is 41.5 Å². The first-order valence-electron chi connectivity index (χ1n) is 1.66. The molecule has 5 nitrogen and oxygen atoms in total. The van der Waals surface area contributed by atoms with Gasteiger partial charge in [-0.05, 0) is 0 Å². The van der Waals surface area contributed by atoms with Crippen LogP contribution >= 0.6 is 0 Å². The topological polar surface area (TPSA) is 87.0 Å². The summed E-state index contributed by atoms with van der Waals surface area (Å²) in [7, 11) is 0. The first-order valence-corrected chi connectivity index (χ1v) is 4.11. The maximum absolute atomic E-state index is 9.87. The third-order valence-corrected chi connectivity index (χ3v) is 1.08. The molecule has 0 rings (SSSR count). The van der Waals surface area contributed by atoms with Crippen molar-refractivity contribution in [2.45, 2.75) is 0 Å². The Hall–Kier alpha value is -0.0916. The van der Waals surface area contributed by atoms with Crippen LogP contribution in [0.3, 0.4) is 0 Å². The van der Waals surface area contributed by atoms with Crippen LogP contribution < -0.4 is 0 Å². The number of carbonyl (C=O) groups excluding carboxylic acids is 1. The maximum atomic E-state index is 9.87. The van der Waals surface area contributed by atoms with Crippen LogP contribution in [0.4, 0.5) is 0 Å². The number of hydrogen-bond acceptors (Lipinski definition) is 5. The predicted molar refractivity (Wildman–Crippen MR) is 23.4 cm³/mol. The summed E-state index contributed by atoms with van der Waals surface area (Å²) < 4.78 is 19.8. The third kappa shape index (κ3) is 4.08. The van der Waals surface area contributed by atoms with Crippen LogP contribution in [0.1, 0.15) is 0 Å². The zero-order valence-corrected chi connectivity index (χ0v) is 5.69. The molecule has 0 heterocycles. The van der Waals surface area contributed by atoms with Crippen LogP contribution in [0.2, 0.25) is 0 Å². The van der Waals surface area contributed by atoms with Crippen molar-refractivity contribution in [2.75, 3.05) is 6.61 Å². The number of rotatable bonds is 2. The molecule has 0 aromatic heterocycles. The number of carbonyl (C=O) groups is 1. The van der Waals surface area contributed by atoms with Crippen LogP contribution in [-0.2, 0) is 8.52 Å². The minimum absolute atomic E-state index is 0.813. The monoisotopic (exact) mass is 184 g/mol. The van der Waals surface area contributed by atoms with E-state index in [1.54, 1.807) is 0 Å². The fourth-order valence-electron chi connectivity index (χ4n) is 0.120. The standard InChI is InChI=1S/C2H5AsO5/c4-1-2(5)8-3(6)7/h4,6-7H,1H2. The van der Waals surface area contributed by atoms with E-state index in [1.807, 2.05) is 0 Å². The Morgan fingerprint density at radius 2 is 2.12 bits per heavy atom. The Labute approximate surface area is 50.8 Å². The molecule has 0 radical (unpaired) electrons. The molecule has 0 aliphatic heterocycles. The van der Waals surface area contributed by atoms with E-state index in [2.05, 4.69) is 3.73 Å². The molecule has 8 heavy (non-hydrogen) atoms. The van der Waals surface area contributed by atoms with Gasteiger partial charge in [0.15, 0.2) is 0 Å². The second-order valence-corrected chi connectivity index (χ2v) is 2.32. The molecule has 0 aromatic carbocycles. The van der Waals surface area contributed by atoms with Crippen molar-refractivity contribution in [3.05, 3.63) is 0 Å². The number of aliphatic hydroxyl groups excluding tert-OH is 1. The Balaban J connectivity index is 3.25. The van der Waals surface area contributed by atoms with Gasteiger partial charge in [-0.1, -0.05) is 0 Å². The molecule has 0 saturated heterocycles. The third-order valence-electron chi connectivity index (χ3n) is 0.313. The van der Waals surface area contributed by atoms with Crippen molar-refractivity contribution < 1.29 is 21.8 Å². The van der Waals surface area contributed by atoms with E-state index in [9.17, 15) is 4.79 Å². The Morgan fingerprint density at radius 1 is 1.62 bits per heavy atom. The van der Waals surface area contributed by atoms with Gasteiger partial charge in [0.25, 0.3) is 0 Å². The molecule has 48 valence electrons. The molecule has 0 spiro atoms. The van der Waals surface area contributed by atoms with Gasteiger partial charge in [-0.15, -0.1) is 0 Å². The second-order valence-electron chi connectivity index (χ2n) is 0.874. The van der Waals surface area contributed by atoms with Gasteiger partial charge in [0.1, 0.15) is 0 Å². The molecule has 0 saturated carbocycles. The molecular weight excluding hydrogens is 179 g/mol. The molecule has 0 bridgehead atoms. The quantitative estimate of drug-likeness (QED) is 0.412. The van der Waals surface area contributed by atoms with Crippen LogP contribution in [0.5, 0.6) is 0 Å². The molecule has 0 unspecified atom stereocenters. The predicted octanol–water partition coefficient (Wildman–Crippen LogP) is -2.51. The molecular formula is C2H5AsO5. The summed E-state index contributed by atoms with van der Waals surface area (Å²) in [6.45, 7) is -0.813. The molecule has 3 N–H and O–H groups in total. The van der Waals surface area contributed by atoms with Crippen molar-refractivity contribution in [1.82, 2.24) is 0 Å². The fourth-order valence-corrected chi connectivity index (χ4v) is 0.623. The zero-order chi connectivity index (χ0) is 6.57. The van der Waals surface area contributed by atoms with E-state index in [0.717, 1.165) is 0 Å². The van der Waals surface area contributed by atoms with Crippen LogP contribution in [0.25, 0.3) is 0 Å². The first-order chi connectivity index (χ1) is 3.66. The zero-order valence-electron chi connectivity index (χ0n) is 3.81. The van der Waals surface area contributed by atoms with Crippen molar-refractivity contribution in [1.29, 1.82) is 0 Å². The van der Waals surface area contributed by atoms with Gasteiger partial charge < -0.3 is 0 Å². The Bertz CT molecular complexity index is 80.5. The summed E-state index contributed by atoms with van der Waals surface area (Å²) in [5.74, 6) is -1.00. The molecule has 6 heteroatoms. The second kappa shape index (κ2) is 3.86. The normalized spacial score (nSPS) is 9.50. The fraction of sp³-hybridized carbons (Fsp3) is 0.500. The number of hydrogen-bond donors (Lipinski definition) is 3. The summed E-state index contributed by atoms with van der Waals surface area (Å²) in [5, 5.41) is 7.91. The molecule has 0 aliphatic carbocycles. The van der Waals surface area contributed by atoms with Gasteiger partial charge in [-0.25, -0.2) is 0 Å². The van der Waals surface area contributed by atoms with E-state index >= 15 is 0 Å². The van der Waals surface area contributed by atoms with E-state index in [1.165, 1.54) is 0 Å². The van der Waals surface area contributed by atoms with Crippen LogP contribution in [0, 0.1) is 0 Å². The van der Waals surface area contributed by atoms with E-state index in [-0.39, 0.29) is 0 Å². The summed E-state index contributed by atoms with van der Waals surface area (Å²) in [5.41, 5.74) is 0. The summed E-state index contributed by atoms with van der Waals surface area (Å²) >= 11 is -3.31. The average Bonchev–Trinajstić information content (AvgIpc) is 1.65. The van der Waals surface area contributed by atoms with Gasteiger partial charge in [-0.2, -0.15) is 0 Å². The van der Waals surface area contributed by atoms with Gasteiger partial charge in [0.05, 0.1) is 0 Å². The molecule has 0 fully saturated rings. The van der Waals surface area contributed by atoms with Crippen molar-refractivity contribution in [3.8, 4) is 0 Å². The van der Waals surface area contributed by atoms with E-state index in [0.29, 0.717) is 0 Å². The van der Waals surface area contributed by atoms with Gasteiger partial charge in [-0.3, -0.25) is 0 Å². The average molecular weight is 184 g/mol. The van der Waals surface area contributed by atoms with Crippen molar-refractivity contribution in [2.24, 2.45) is 0 Å². The van der Waals surface area contributed by atoms with E-state index in [4.69, 9.17) is 13.3 Å². The SMILES string of the molecule is O=C(CO)O[As](O)O. The van der Waals surface area contributed by atoms with Gasteiger partial charge in [0, 0.05) is 0 Å². The van der Waals surface area contributed by atoms with Crippen molar-refractivity contribution >= 4 is 21.6 Å². The summed E-state index contributed by atoms with van der Waals surface area (Å²) in [6.07, 6.45) is 0. The Morgan fingerprint density at radius 3 is 2.25 bits per heavy atom. The van der Waals surface area contributed by atoms with Crippen LogP contribution in [0.15, 0.2) is 0 Å². The first kappa shape index (κ1) is 7.91. The summed E-state index contributed by atoms with van der Waals surface area (Å²) in [6, 6.07) is 0. The Kier molecular flexibility index (Phi) is 3.81. The van der Waals surface area contributed by atoms with Gasteiger partial charge in [0.2, 0.25) is 0 Å². The molecule has 0 aliphatic rings. The molecule has 0 atom stereocenters. The van der Waals surface area contributed by atoms with E-state index < -0.39 is 28.3 Å².